The second-order valence-corrected chi connectivity index (χ2v) is 7.19. The van der Waals surface area contributed by atoms with Gasteiger partial charge in [-0.1, -0.05) is 23.7 Å². The molecule has 156 valence electrons. The molecular weight excluding hydrogens is 420 g/mol. The summed E-state index contributed by atoms with van der Waals surface area (Å²) in [4.78, 5) is 31.3. The standard InChI is InChI=1S/C23H17ClN2O5/c1-31-14-6-7-16(24)15(12-14)21(28)19-20(13-8-10-25-11-9-13)26(23(30)22(19)29)17-4-2-3-5-18(17)27/h2-12,20,27-28H,1H3/b21-19+. The molecule has 2 heterocycles. The smallest absolute Gasteiger partial charge is 0.300 e. The molecule has 0 bridgehead atoms. The number of ether oxygens (including phenoxy) is 1. The molecule has 1 aliphatic rings. The fraction of sp³-hybridized carbons (Fsp3) is 0.0870. The molecule has 0 aliphatic carbocycles. The third-order valence-electron chi connectivity index (χ3n) is 5.04. The predicted octanol–water partition coefficient (Wildman–Crippen LogP) is 4.08. The first-order valence-corrected chi connectivity index (χ1v) is 9.64. The van der Waals surface area contributed by atoms with Gasteiger partial charge in [-0.3, -0.25) is 19.5 Å². The second kappa shape index (κ2) is 8.12. The van der Waals surface area contributed by atoms with E-state index in [0.717, 1.165) is 4.90 Å². The minimum atomic E-state index is -1.00. The SMILES string of the molecule is COc1ccc(Cl)c(/C(O)=C2\C(=O)C(=O)N(c3ccccc3O)C2c2ccncc2)c1. The maximum Gasteiger partial charge on any atom is 0.300 e. The molecular formula is C23H17ClN2O5. The number of carbonyl (C=O) groups excluding carboxylic acids is 2. The van der Waals surface area contributed by atoms with Gasteiger partial charge in [0.05, 0.1) is 29.4 Å². The van der Waals surface area contributed by atoms with Crippen LogP contribution in [0.4, 0.5) is 5.69 Å². The van der Waals surface area contributed by atoms with Crippen LogP contribution in [0.5, 0.6) is 11.5 Å². The highest BCUT2D eigenvalue weighted by Crippen LogP contribution is 2.45. The number of carbonyl (C=O) groups is 2. The summed E-state index contributed by atoms with van der Waals surface area (Å²) in [6.07, 6.45) is 3.03. The number of ketones is 1. The van der Waals surface area contributed by atoms with Gasteiger partial charge in [0.15, 0.2) is 0 Å². The summed E-state index contributed by atoms with van der Waals surface area (Å²) in [7, 11) is 1.46. The van der Waals surface area contributed by atoms with Gasteiger partial charge in [0.25, 0.3) is 11.7 Å². The molecule has 7 nitrogen and oxygen atoms in total. The summed E-state index contributed by atoms with van der Waals surface area (Å²) < 4.78 is 5.19. The molecule has 31 heavy (non-hydrogen) atoms. The van der Waals surface area contributed by atoms with Crippen LogP contribution in [0.1, 0.15) is 17.2 Å². The molecule has 1 amide bonds. The number of para-hydroxylation sites is 2. The Morgan fingerprint density at radius 2 is 1.81 bits per heavy atom. The van der Waals surface area contributed by atoms with Gasteiger partial charge in [-0.2, -0.15) is 0 Å². The maximum atomic E-state index is 13.1. The first-order chi connectivity index (χ1) is 14.9. The highest BCUT2D eigenvalue weighted by Gasteiger charge is 2.47. The number of Topliss-reactive ketones (excluding diaryl/α,β-unsaturated/α-hetero) is 1. The first-order valence-electron chi connectivity index (χ1n) is 9.27. The summed E-state index contributed by atoms with van der Waals surface area (Å²) in [5.41, 5.74) is 0.658. The number of amides is 1. The Kier molecular flexibility index (Phi) is 5.35. The van der Waals surface area contributed by atoms with Crippen LogP contribution in [0.2, 0.25) is 5.02 Å². The van der Waals surface area contributed by atoms with E-state index in [0.29, 0.717) is 11.3 Å². The fourth-order valence-corrected chi connectivity index (χ4v) is 3.77. The van der Waals surface area contributed by atoms with Gasteiger partial charge in [0.1, 0.15) is 17.3 Å². The number of hydrogen-bond donors (Lipinski definition) is 2. The van der Waals surface area contributed by atoms with Crippen LogP contribution in [0.15, 0.2) is 72.6 Å². The number of nitrogens with zero attached hydrogens (tertiary/aromatic N) is 2. The fourth-order valence-electron chi connectivity index (χ4n) is 3.57. The number of aromatic hydroxyl groups is 1. The van der Waals surface area contributed by atoms with E-state index in [4.69, 9.17) is 16.3 Å². The zero-order chi connectivity index (χ0) is 22.1. The molecule has 1 atom stereocenters. The number of halogens is 1. The molecule has 1 aliphatic heterocycles. The van der Waals surface area contributed by atoms with Crippen molar-refractivity contribution in [2.24, 2.45) is 0 Å². The molecule has 1 aromatic heterocycles. The number of hydrogen-bond acceptors (Lipinski definition) is 6. The molecule has 0 spiro atoms. The van der Waals surface area contributed by atoms with Crippen LogP contribution in [0, 0.1) is 0 Å². The maximum absolute atomic E-state index is 13.1. The van der Waals surface area contributed by atoms with Crippen molar-refractivity contribution in [1.82, 2.24) is 4.98 Å². The number of methoxy groups -OCH3 is 1. The molecule has 0 radical (unpaired) electrons. The number of aliphatic hydroxyl groups excluding tert-OH is 1. The average molecular weight is 437 g/mol. The lowest BCUT2D eigenvalue weighted by atomic mass is 9.95. The van der Waals surface area contributed by atoms with Gasteiger partial charge in [-0.05, 0) is 48.0 Å². The van der Waals surface area contributed by atoms with E-state index in [1.807, 2.05) is 0 Å². The normalized spacial score (nSPS) is 17.7. The quantitative estimate of drug-likeness (QED) is 0.363. The van der Waals surface area contributed by atoms with E-state index in [1.165, 1.54) is 43.8 Å². The van der Waals surface area contributed by atoms with Crippen molar-refractivity contribution >= 4 is 34.7 Å². The van der Waals surface area contributed by atoms with Crippen LogP contribution in [0.3, 0.4) is 0 Å². The second-order valence-electron chi connectivity index (χ2n) is 6.78. The number of benzene rings is 2. The molecule has 2 N–H and O–H groups in total. The van der Waals surface area contributed by atoms with Gasteiger partial charge < -0.3 is 14.9 Å². The van der Waals surface area contributed by atoms with E-state index >= 15 is 0 Å². The number of rotatable bonds is 4. The zero-order valence-corrected chi connectivity index (χ0v) is 17.1. The molecule has 1 unspecified atom stereocenters. The Balaban J connectivity index is 1.99. The third-order valence-corrected chi connectivity index (χ3v) is 5.37. The summed E-state index contributed by atoms with van der Waals surface area (Å²) in [6, 6.07) is 13.0. The van der Waals surface area contributed by atoms with Gasteiger partial charge >= 0.3 is 0 Å². The number of phenolic OH excluding ortho intramolecular Hbond substituents is 1. The van der Waals surface area contributed by atoms with Crippen LogP contribution >= 0.6 is 11.6 Å². The summed E-state index contributed by atoms with van der Waals surface area (Å²) in [5.74, 6) is -1.99. The molecule has 1 saturated heterocycles. The summed E-state index contributed by atoms with van der Waals surface area (Å²) in [6.45, 7) is 0. The third kappa shape index (κ3) is 3.49. The summed E-state index contributed by atoms with van der Waals surface area (Å²) in [5, 5.41) is 21.7. The van der Waals surface area contributed by atoms with E-state index in [1.54, 1.807) is 30.3 Å². The number of aliphatic hydroxyl groups is 1. The Labute approximate surface area is 182 Å². The lowest BCUT2D eigenvalue weighted by Crippen LogP contribution is -2.29. The number of pyridine rings is 1. The largest absolute Gasteiger partial charge is 0.507 e. The zero-order valence-electron chi connectivity index (χ0n) is 16.3. The van der Waals surface area contributed by atoms with Crippen LogP contribution in [-0.2, 0) is 9.59 Å². The van der Waals surface area contributed by atoms with E-state index in [2.05, 4.69) is 4.98 Å². The van der Waals surface area contributed by atoms with Crippen molar-refractivity contribution in [3.8, 4) is 11.5 Å². The van der Waals surface area contributed by atoms with Crippen molar-refractivity contribution in [2.75, 3.05) is 12.0 Å². The lowest BCUT2D eigenvalue weighted by Gasteiger charge is -2.25. The van der Waals surface area contributed by atoms with Crippen molar-refractivity contribution in [3.63, 3.8) is 0 Å². The Bertz CT molecular complexity index is 1210. The van der Waals surface area contributed by atoms with Crippen LogP contribution in [-0.4, -0.2) is 34.0 Å². The minimum Gasteiger partial charge on any atom is -0.507 e. The van der Waals surface area contributed by atoms with Gasteiger partial charge in [0, 0.05) is 18.0 Å². The van der Waals surface area contributed by atoms with Gasteiger partial charge in [0.2, 0.25) is 0 Å². The van der Waals surface area contributed by atoms with Crippen molar-refractivity contribution < 1.29 is 24.5 Å². The first kappa shape index (κ1) is 20.4. The lowest BCUT2D eigenvalue weighted by molar-refractivity contribution is -0.132. The minimum absolute atomic E-state index is 0.141. The van der Waals surface area contributed by atoms with Crippen molar-refractivity contribution in [2.45, 2.75) is 6.04 Å². The van der Waals surface area contributed by atoms with Crippen molar-refractivity contribution in [3.05, 3.63) is 88.7 Å². The summed E-state index contributed by atoms with van der Waals surface area (Å²) >= 11 is 6.27. The predicted molar refractivity (Wildman–Crippen MR) is 115 cm³/mol. The average Bonchev–Trinajstić information content (AvgIpc) is 3.05. The number of phenols is 1. The molecule has 8 heteroatoms. The van der Waals surface area contributed by atoms with E-state index < -0.39 is 23.5 Å². The number of aromatic nitrogens is 1. The van der Waals surface area contributed by atoms with Crippen LogP contribution < -0.4 is 9.64 Å². The molecule has 1 fully saturated rings. The Hall–Kier alpha value is -3.84. The highest BCUT2D eigenvalue weighted by molar-refractivity contribution is 6.52. The molecule has 2 aromatic carbocycles. The molecule has 4 rings (SSSR count). The highest BCUT2D eigenvalue weighted by atomic mass is 35.5. The van der Waals surface area contributed by atoms with Crippen LogP contribution in [0.25, 0.3) is 5.76 Å². The van der Waals surface area contributed by atoms with Gasteiger partial charge in [-0.25, -0.2) is 0 Å². The molecule has 0 saturated carbocycles. The van der Waals surface area contributed by atoms with Gasteiger partial charge in [-0.15, -0.1) is 0 Å². The Morgan fingerprint density at radius 3 is 2.48 bits per heavy atom. The monoisotopic (exact) mass is 436 g/mol. The van der Waals surface area contributed by atoms with Crippen molar-refractivity contribution in [1.29, 1.82) is 0 Å². The molecule has 3 aromatic rings. The Morgan fingerprint density at radius 1 is 1.10 bits per heavy atom. The number of anilines is 1. The van der Waals surface area contributed by atoms with E-state index in [-0.39, 0.29) is 27.6 Å². The topological polar surface area (TPSA) is 100.0 Å². The van der Waals surface area contributed by atoms with E-state index in [9.17, 15) is 19.8 Å².